The van der Waals surface area contributed by atoms with Gasteiger partial charge in [-0.2, -0.15) is 0 Å². The minimum Gasteiger partial charge on any atom is -0.415 e. The second kappa shape index (κ2) is 6.30. The van der Waals surface area contributed by atoms with Gasteiger partial charge in [0, 0.05) is 12.6 Å². The van der Waals surface area contributed by atoms with E-state index in [2.05, 4.69) is 6.92 Å². The van der Waals surface area contributed by atoms with Crippen molar-refractivity contribution in [2.45, 2.75) is 52.5 Å². The highest BCUT2D eigenvalue weighted by atomic mass is 16.4. The molecule has 0 bridgehead atoms. The van der Waals surface area contributed by atoms with Gasteiger partial charge in [-0.05, 0) is 13.3 Å². The van der Waals surface area contributed by atoms with Crippen molar-refractivity contribution in [2.24, 2.45) is 0 Å². The third-order valence-corrected chi connectivity index (χ3v) is 2.55. The van der Waals surface area contributed by atoms with Gasteiger partial charge in [0.25, 0.3) is 5.56 Å². The Balaban J connectivity index is 2.55. The topological polar surface area (TPSA) is 52.2 Å². The van der Waals surface area contributed by atoms with E-state index in [0.29, 0.717) is 12.3 Å². The van der Waals surface area contributed by atoms with Crippen LogP contribution in [0.25, 0.3) is 0 Å². The van der Waals surface area contributed by atoms with Crippen LogP contribution in [-0.4, -0.2) is 4.57 Å². The van der Waals surface area contributed by atoms with Gasteiger partial charge in [0.05, 0.1) is 0 Å². The van der Waals surface area contributed by atoms with Crippen molar-refractivity contribution in [3.05, 3.63) is 32.7 Å². The van der Waals surface area contributed by atoms with E-state index in [-0.39, 0.29) is 5.56 Å². The molecule has 0 aliphatic heterocycles. The standard InChI is InChI=1S/C12H19NO3/c1-3-4-5-6-7-8-13-11(14)9-10(2)16-12(13)15/h9H,3-8H2,1-2H3. The average Bonchev–Trinajstić information content (AvgIpc) is 2.20. The van der Waals surface area contributed by atoms with Crippen molar-refractivity contribution in [3.8, 4) is 0 Å². The molecule has 0 N–H and O–H groups in total. The van der Waals surface area contributed by atoms with Crippen molar-refractivity contribution >= 4 is 0 Å². The number of rotatable bonds is 6. The normalized spacial score (nSPS) is 10.6. The van der Waals surface area contributed by atoms with Crippen molar-refractivity contribution in [3.63, 3.8) is 0 Å². The number of unbranched alkanes of at least 4 members (excludes halogenated alkanes) is 4. The summed E-state index contributed by atoms with van der Waals surface area (Å²) in [6.07, 6.45) is 5.45. The van der Waals surface area contributed by atoms with Gasteiger partial charge in [0.15, 0.2) is 0 Å². The van der Waals surface area contributed by atoms with Crippen LogP contribution >= 0.6 is 0 Å². The Morgan fingerprint density at radius 3 is 2.50 bits per heavy atom. The predicted molar refractivity (Wildman–Crippen MR) is 62.7 cm³/mol. The first-order valence-electron chi connectivity index (χ1n) is 5.86. The number of hydrogen-bond donors (Lipinski definition) is 0. The SMILES string of the molecule is CCCCCCCn1c(=O)cc(C)oc1=O. The molecule has 0 amide bonds. The molecular formula is C12H19NO3. The van der Waals surface area contributed by atoms with Crippen molar-refractivity contribution in [2.75, 3.05) is 0 Å². The summed E-state index contributed by atoms with van der Waals surface area (Å²) in [5.41, 5.74) is -0.260. The Bertz CT molecular complexity index is 399. The highest BCUT2D eigenvalue weighted by Crippen LogP contribution is 2.02. The van der Waals surface area contributed by atoms with Crippen LogP contribution in [0.2, 0.25) is 0 Å². The zero-order chi connectivity index (χ0) is 12.0. The van der Waals surface area contributed by atoms with Gasteiger partial charge in [-0.25, -0.2) is 9.36 Å². The molecule has 0 aliphatic carbocycles. The zero-order valence-electron chi connectivity index (χ0n) is 9.99. The minimum absolute atomic E-state index is 0.260. The lowest BCUT2D eigenvalue weighted by atomic mass is 10.1. The second-order valence-electron chi connectivity index (χ2n) is 4.03. The summed E-state index contributed by atoms with van der Waals surface area (Å²) in [6, 6.07) is 1.35. The van der Waals surface area contributed by atoms with E-state index in [1.54, 1.807) is 6.92 Å². The van der Waals surface area contributed by atoms with Crippen LogP contribution in [0.5, 0.6) is 0 Å². The van der Waals surface area contributed by atoms with Gasteiger partial charge in [-0.1, -0.05) is 32.6 Å². The smallest absolute Gasteiger partial charge is 0.415 e. The number of nitrogens with zero attached hydrogens (tertiary/aromatic N) is 1. The Hall–Kier alpha value is -1.32. The van der Waals surface area contributed by atoms with E-state index in [9.17, 15) is 9.59 Å². The lowest BCUT2D eigenvalue weighted by molar-refractivity contribution is 0.391. The predicted octanol–water partition coefficient (Wildman–Crippen LogP) is 2.08. The molecule has 90 valence electrons. The highest BCUT2D eigenvalue weighted by molar-refractivity contribution is 4.91. The maximum Gasteiger partial charge on any atom is 0.421 e. The molecule has 1 heterocycles. The molecule has 0 atom stereocenters. The molecular weight excluding hydrogens is 206 g/mol. The molecule has 1 aromatic heterocycles. The molecule has 1 rings (SSSR count). The Morgan fingerprint density at radius 1 is 1.19 bits per heavy atom. The zero-order valence-corrected chi connectivity index (χ0v) is 9.99. The van der Waals surface area contributed by atoms with E-state index >= 15 is 0 Å². The van der Waals surface area contributed by atoms with Gasteiger partial charge in [0.1, 0.15) is 5.76 Å². The van der Waals surface area contributed by atoms with Gasteiger partial charge in [-0.15, -0.1) is 0 Å². The van der Waals surface area contributed by atoms with Crippen molar-refractivity contribution in [1.29, 1.82) is 0 Å². The third-order valence-electron chi connectivity index (χ3n) is 2.55. The summed E-state index contributed by atoms with van der Waals surface area (Å²) >= 11 is 0. The van der Waals surface area contributed by atoms with Crippen LogP contribution < -0.4 is 11.3 Å². The first-order chi connectivity index (χ1) is 7.65. The van der Waals surface area contributed by atoms with Crippen molar-refractivity contribution in [1.82, 2.24) is 4.57 Å². The number of hydrogen-bond acceptors (Lipinski definition) is 3. The fourth-order valence-electron chi connectivity index (χ4n) is 1.64. The van der Waals surface area contributed by atoms with Crippen molar-refractivity contribution < 1.29 is 4.42 Å². The molecule has 4 heteroatoms. The summed E-state index contributed by atoms with van der Waals surface area (Å²) in [6.45, 7) is 4.22. The van der Waals surface area contributed by atoms with Gasteiger partial charge >= 0.3 is 5.76 Å². The van der Waals surface area contributed by atoms with Gasteiger partial charge in [0.2, 0.25) is 0 Å². The van der Waals surface area contributed by atoms with Crippen LogP contribution in [0, 0.1) is 6.92 Å². The summed E-state index contributed by atoms with van der Waals surface area (Å²) < 4.78 is 6.04. The third kappa shape index (κ3) is 3.68. The lowest BCUT2D eigenvalue weighted by Crippen LogP contribution is -2.32. The summed E-state index contributed by atoms with van der Waals surface area (Å²) in [5, 5.41) is 0. The molecule has 0 fully saturated rings. The average molecular weight is 225 g/mol. The first-order valence-corrected chi connectivity index (χ1v) is 5.86. The van der Waals surface area contributed by atoms with Gasteiger partial charge < -0.3 is 4.42 Å². The molecule has 0 aromatic carbocycles. The fourth-order valence-corrected chi connectivity index (χ4v) is 1.64. The molecule has 0 aliphatic rings. The minimum atomic E-state index is -0.541. The van der Waals surface area contributed by atoms with E-state index in [1.807, 2.05) is 0 Å². The van der Waals surface area contributed by atoms with Crippen LogP contribution in [0.15, 0.2) is 20.1 Å². The molecule has 1 aromatic rings. The van der Waals surface area contributed by atoms with Crippen LogP contribution in [0.1, 0.15) is 44.8 Å². The maximum absolute atomic E-state index is 11.5. The molecule has 0 spiro atoms. The quantitative estimate of drug-likeness (QED) is 0.696. The van der Waals surface area contributed by atoms with Crippen LogP contribution in [0.3, 0.4) is 0 Å². The van der Waals surface area contributed by atoms with E-state index < -0.39 is 5.76 Å². The molecule has 16 heavy (non-hydrogen) atoms. The summed E-state index contributed by atoms with van der Waals surface area (Å²) in [7, 11) is 0. The van der Waals surface area contributed by atoms with Crippen LogP contribution in [-0.2, 0) is 6.54 Å². The second-order valence-corrected chi connectivity index (χ2v) is 4.03. The molecule has 0 unspecified atom stereocenters. The molecule has 0 saturated heterocycles. The highest BCUT2D eigenvalue weighted by Gasteiger charge is 2.03. The number of aromatic nitrogens is 1. The molecule has 0 saturated carbocycles. The Morgan fingerprint density at radius 2 is 1.88 bits per heavy atom. The van der Waals surface area contributed by atoms with E-state index in [4.69, 9.17) is 4.42 Å². The summed E-state index contributed by atoms with van der Waals surface area (Å²) in [5.74, 6) is -0.169. The van der Waals surface area contributed by atoms with E-state index in [0.717, 1.165) is 19.3 Å². The monoisotopic (exact) mass is 225 g/mol. The maximum atomic E-state index is 11.5. The largest absolute Gasteiger partial charge is 0.421 e. The first kappa shape index (κ1) is 12.7. The fraction of sp³-hybridized carbons (Fsp3) is 0.667. The molecule has 0 radical (unpaired) electrons. The van der Waals surface area contributed by atoms with Crippen LogP contribution in [0.4, 0.5) is 0 Å². The Kier molecular flexibility index (Phi) is 5.02. The number of aryl methyl sites for hydroxylation is 1. The van der Waals surface area contributed by atoms with E-state index in [1.165, 1.54) is 23.5 Å². The Labute approximate surface area is 94.9 Å². The van der Waals surface area contributed by atoms with Gasteiger partial charge in [-0.3, -0.25) is 4.79 Å². The lowest BCUT2D eigenvalue weighted by Gasteiger charge is -2.03. The molecule has 4 nitrogen and oxygen atoms in total. The summed E-state index contributed by atoms with van der Waals surface area (Å²) in [4.78, 5) is 22.9.